The molecule has 5 nitrogen and oxygen atoms in total. The van der Waals surface area contributed by atoms with E-state index in [2.05, 4.69) is 31.9 Å². The number of rotatable bonds is 2. The minimum absolute atomic E-state index is 0.516. The summed E-state index contributed by atoms with van der Waals surface area (Å²) in [7, 11) is 1.93. The van der Waals surface area contributed by atoms with Gasteiger partial charge in [0.1, 0.15) is 5.69 Å². The number of benzene rings is 2. The lowest BCUT2D eigenvalue weighted by Gasteiger charge is -2.03. The Bertz CT molecular complexity index is 1390. The molecule has 5 aromatic rings. The number of aromatic nitrogens is 5. The predicted molar refractivity (Wildman–Crippen MR) is 117 cm³/mol. The van der Waals surface area contributed by atoms with E-state index in [4.69, 9.17) is 0 Å². The molecule has 0 spiro atoms. The van der Waals surface area contributed by atoms with Gasteiger partial charge in [-0.3, -0.25) is 9.67 Å². The molecule has 3 aromatic heterocycles. The highest BCUT2D eigenvalue weighted by molar-refractivity contribution is 5.80. The molecule has 0 aliphatic carbocycles. The van der Waals surface area contributed by atoms with Gasteiger partial charge in [-0.25, -0.2) is 9.97 Å². The largest absolute Gasteiger partial charge is 0.275 e. The smallest absolute Gasteiger partial charge is 0.205 e. The zero-order valence-corrected chi connectivity index (χ0v) is 16.3. The van der Waals surface area contributed by atoms with Crippen LogP contribution in [0.5, 0.6) is 0 Å². The number of para-hydroxylation sites is 1. The van der Waals surface area contributed by atoms with Crippen molar-refractivity contribution < 1.29 is 0 Å². The quantitative estimate of drug-likeness (QED) is 0.419. The van der Waals surface area contributed by atoms with Crippen LogP contribution in [0, 0.1) is 11.8 Å². The molecule has 3 heterocycles. The SMILES string of the molecule is Cn1cc(-c2ccncc2)c(-c2ccc(C#Cc3ncc4ccccc4n3)cc2)n1. The highest BCUT2D eigenvalue weighted by atomic mass is 15.2. The first-order valence-corrected chi connectivity index (χ1v) is 9.54. The molecule has 0 unspecified atom stereocenters. The average Bonchev–Trinajstić information content (AvgIpc) is 3.20. The van der Waals surface area contributed by atoms with Crippen molar-refractivity contribution in [3.05, 3.63) is 96.8 Å². The van der Waals surface area contributed by atoms with E-state index in [0.717, 1.165) is 38.9 Å². The second kappa shape index (κ2) is 7.61. The van der Waals surface area contributed by atoms with Crippen LogP contribution in [0.15, 0.2) is 85.5 Å². The summed E-state index contributed by atoms with van der Waals surface area (Å²) in [6, 6.07) is 19.9. The molecule has 0 saturated heterocycles. The fraction of sp³-hybridized carbons (Fsp3) is 0.0400. The molecule has 0 bridgehead atoms. The number of aryl methyl sites for hydroxylation is 1. The van der Waals surface area contributed by atoms with Gasteiger partial charge in [0.05, 0.1) is 5.52 Å². The minimum Gasteiger partial charge on any atom is -0.275 e. The number of fused-ring (bicyclic) bond motifs is 1. The molecule has 142 valence electrons. The molecule has 0 aliphatic heterocycles. The first-order chi connectivity index (χ1) is 14.8. The lowest BCUT2D eigenvalue weighted by molar-refractivity contribution is 0.771. The summed E-state index contributed by atoms with van der Waals surface area (Å²) in [6.07, 6.45) is 7.41. The Morgan fingerprint density at radius 1 is 0.833 bits per heavy atom. The topological polar surface area (TPSA) is 56.5 Å². The van der Waals surface area contributed by atoms with E-state index >= 15 is 0 Å². The molecular weight excluding hydrogens is 370 g/mol. The van der Waals surface area contributed by atoms with Gasteiger partial charge >= 0.3 is 0 Å². The standard InChI is InChI=1S/C25H17N5/c1-30-17-22(19-12-14-26-15-13-19)25(29-30)20-9-6-18(7-10-20)8-11-24-27-16-21-4-2-3-5-23(21)28-24/h2-7,9-10,12-17H,1H3. The summed E-state index contributed by atoms with van der Waals surface area (Å²) in [5.74, 6) is 6.72. The van der Waals surface area contributed by atoms with Crippen molar-refractivity contribution in [2.45, 2.75) is 0 Å². The third-order valence-corrected chi connectivity index (χ3v) is 4.79. The molecule has 2 aromatic carbocycles. The number of pyridine rings is 1. The summed E-state index contributed by atoms with van der Waals surface area (Å²) >= 11 is 0. The van der Waals surface area contributed by atoms with Gasteiger partial charge in [0.15, 0.2) is 0 Å². The number of nitrogens with zero attached hydrogens (tertiary/aromatic N) is 5. The van der Waals surface area contributed by atoms with Crippen LogP contribution in [0.3, 0.4) is 0 Å². The molecule has 30 heavy (non-hydrogen) atoms. The van der Waals surface area contributed by atoms with Crippen molar-refractivity contribution in [1.29, 1.82) is 0 Å². The van der Waals surface area contributed by atoms with Gasteiger partial charge < -0.3 is 0 Å². The van der Waals surface area contributed by atoms with Gasteiger partial charge in [-0.15, -0.1) is 0 Å². The van der Waals surface area contributed by atoms with Gasteiger partial charge in [0, 0.05) is 53.9 Å². The minimum atomic E-state index is 0.516. The van der Waals surface area contributed by atoms with Crippen LogP contribution in [0.4, 0.5) is 0 Å². The predicted octanol–water partition coefficient (Wildman–Crippen LogP) is 4.49. The van der Waals surface area contributed by atoms with Crippen molar-refractivity contribution in [2.75, 3.05) is 0 Å². The van der Waals surface area contributed by atoms with Crippen LogP contribution >= 0.6 is 0 Å². The zero-order valence-electron chi connectivity index (χ0n) is 16.3. The third kappa shape index (κ3) is 3.54. The Hall–Kier alpha value is -4.30. The molecule has 0 atom stereocenters. The fourth-order valence-corrected chi connectivity index (χ4v) is 3.32. The Morgan fingerprint density at radius 2 is 1.63 bits per heavy atom. The molecule has 0 saturated carbocycles. The van der Waals surface area contributed by atoms with Crippen LogP contribution in [-0.2, 0) is 7.05 Å². The van der Waals surface area contributed by atoms with E-state index in [1.165, 1.54) is 0 Å². The second-order valence-corrected chi connectivity index (χ2v) is 6.88. The van der Waals surface area contributed by atoms with E-state index in [-0.39, 0.29) is 0 Å². The van der Waals surface area contributed by atoms with Gasteiger partial charge in [0.25, 0.3) is 0 Å². The van der Waals surface area contributed by atoms with Crippen molar-refractivity contribution >= 4 is 10.9 Å². The summed E-state index contributed by atoms with van der Waals surface area (Å²) < 4.78 is 1.83. The highest BCUT2D eigenvalue weighted by Crippen LogP contribution is 2.30. The van der Waals surface area contributed by atoms with Crippen LogP contribution in [0.1, 0.15) is 11.4 Å². The summed E-state index contributed by atoms with van der Waals surface area (Å²) in [6.45, 7) is 0. The van der Waals surface area contributed by atoms with Gasteiger partial charge in [0.2, 0.25) is 5.82 Å². The third-order valence-electron chi connectivity index (χ3n) is 4.79. The molecule has 0 radical (unpaired) electrons. The molecule has 5 heteroatoms. The monoisotopic (exact) mass is 387 g/mol. The lowest BCUT2D eigenvalue weighted by atomic mass is 10.0. The zero-order chi connectivity index (χ0) is 20.3. The van der Waals surface area contributed by atoms with Crippen molar-refractivity contribution in [2.24, 2.45) is 7.05 Å². The molecule has 0 amide bonds. The molecule has 0 aliphatic rings. The van der Waals surface area contributed by atoms with E-state index in [0.29, 0.717) is 5.82 Å². The van der Waals surface area contributed by atoms with Crippen molar-refractivity contribution in [1.82, 2.24) is 24.7 Å². The Balaban J connectivity index is 1.44. The summed E-state index contributed by atoms with van der Waals surface area (Å²) in [4.78, 5) is 12.9. The average molecular weight is 387 g/mol. The van der Waals surface area contributed by atoms with Gasteiger partial charge in [-0.2, -0.15) is 5.10 Å². The van der Waals surface area contributed by atoms with Crippen molar-refractivity contribution in [3.63, 3.8) is 0 Å². The van der Waals surface area contributed by atoms with Crippen LogP contribution in [0.25, 0.3) is 33.3 Å². The normalized spacial score (nSPS) is 10.6. The fourth-order valence-electron chi connectivity index (χ4n) is 3.32. The summed E-state index contributed by atoms with van der Waals surface area (Å²) in [5, 5.41) is 5.66. The molecule has 5 rings (SSSR count). The summed E-state index contributed by atoms with van der Waals surface area (Å²) in [5.41, 5.74) is 5.92. The van der Waals surface area contributed by atoms with Crippen molar-refractivity contribution in [3.8, 4) is 34.2 Å². The highest BCUT2D eigenvalue weighted by Gasteiger charge is 2.11. The number of hydrogen-bond acceptors (Lipinski definition) is 4. The first-order valence-electron chi connectivity index (χ1n) is 9.54. The maximum Gasteiger partial charge on any atom is 0.205 e. The van der Waals surface area contributed by atoms with E-state index in [9.17, 15) is 0 Å². The van der Waals surface area contributed by atoms with Gasteiger partial charge in [-0.05, 0) is 41.8 Å². The van der Waals surface area contributed by atoms with Crippen LogP contribution in [0.2, 0.25) is 0 Å². The Morgan fingerprint density at radius 3 is 2.47 bits per heavy atom. The maximum absolute atomic E-state index is 4.65. The van der Waals surface area contributed by atoms with E-state index in [1.807, 2.05) is 78.6 Å². The van der Waals surface area contributed by atoms with Gasteiger partial charge in [-0.1, -0.05) is 36.3 Å². The molecule has 0 N–H and O–H groups in total. The van der Waals surface area contributed by atoms with E-state index < -0.39 is 0 Å². The first kappa shape index (κ1) is 17.8. The number of hydrogen-bond donors (Lipinski definition) is 0. The maximum atomic E-state index is 4.65. The lowest BCUT2D eigenvalue weighted by Crippen LogP contribution is -1.89. The van der Waals surface area contributed by atoms with E-state index in [1.54, 1.807) is 18.6 Å². The molecule has 0 fully saturated rings. The van der Waals surface area contributed by atoms with Crippen LogP contribution in [-0.4, -0.2) is 24.7 Å². The molecular formula is C25H17N5. The Labute approximate surface area is 174 Å². The second-order valence-electron chi connectivity index (χ2n) is 6.88. The van der Waals surface area contributed by atoms with Crippen LogP contribution < -0.4 is 0 Å². The Kier molecular flexibility index (Phi) is 4.51.